The number of hydrogen-bond donors (Lipinski definition) is 3. The molecular weight excluding hydrogens is 791 g/mol. The van der Waals surface area contributed by atoms with E-state index in [1.165, 1.54) is 212 Å². The average molecular weight is 903 g/mol. The van der Waals surface area contributed by atoms with Crippen LogP contribution in [0.2, 0.25) is 0 Å². The van der Waals surface area contributed by atoms with E-state index in [0.29, 0.717) is 19.3 Å². The molecule has 378 valence electrons. The Balaban J connectivity index is 4.42. The summed E-state index contributed by atoms with van der Waals surface area (Å²) in [7, 11) is 0. The van der Waals surface area contributed by atoms with Crippen LogP contribution in [0.4, 0.5) is 0 Å². The lowest BCUT2D eigenvalue weighted by molar-refractivity contribution is -0.151. The number of allylic oxidation sites excluding steroid dienone is 4. The molecule has 1 amide bonds. The number of ether oxygens (including phenoxy) is 1. The van der Waals surface area contributed by atoms with Gasteiger partial charge < -0.3 is 20.3 Å². The highest BCUT2D eigenvalue weighted by Crippen LogP contribution is 2.19. The summed E-state index contributed by atoms with van der Waals surface area (Å²) in [6, 6.07) is -0.700. The standard InChI is InChI=1S/C58H111NO5/c1-4-7-10-13-16-19-22-24-26-28-30-32-34-36-39-42-45-48-51-58(63)64-54(49-46-43-40-37-21-18-15-12-9-6-3)52-57(62)59-55(53-60)56(61)50-47-44-41-38-35-33-31-29-27-25-23-20-17-14-11-8-5-2/h26,28,30,32,54-56,60-61H,4-25,27,29,31,33-53H2,1-3H3,(H,59,62)/b28-26+,32-30+. The Bertz CT molecular complexity index is 1010. The number of aliphatic hydroxyl groups excluding tert-OH is 2. The van der Waals surface area contributed by atoms with Gasteiger partial charge in [-0.15, -0.1) is 0 Å². The highest BCUT2D eigenvalue weighted by Gasteiger charge is 2.24. The third kappa shape index (κ3) is 46.9. The molecule has 0 bridgehead atoms. The van der Waals surface area contributed by atoms with Crippen molar-refractivity contribution in [3.05, 3.63) is 24.3 Å². The molecule has 3 unspecified atom stereocenters. The number of aliphatic hydroxyl groups is 2. The van der Waals surface area contributed by atoms with Crippen LogP contribution in [-0.2, 0) is 14.3 Å². The molecule has 6 nitrogen and oxygen atoms in total. The fourth-order valence-corrected chi connectivity index (χ4v) is 8.95. The molecule has 0 aromatic heterocycles. The summed E-state index contributed by atoms with van der Waals surface area (Å²) >= 11 is 0. The second-order valence-electron chi connectivity index (χ2n) is 19.7. The zero-order chi connectivity index (χ0) is 46.7. The first-order valence-electron chi connectivity index (χ1n) is 28.6. The lowest BCUT2D eigenvalue weighted by Crippen LogP contribution is -2.46. The maximum absolute atomic E-state index is 13.2. The minimum Gasteiger partial charge on any atom is -0.462 e. The van der Waals surface area contributed by atoms with Gasteiger partial charge in [0, 0.05) is 6.42 Å². The van der Waals surface area contributed by atoms with Crippen molar-refractivity contribution in [1.29, 1.82) is 0 Å². The number of unbranched alkanes of at least 4 members (excludes halogenated alkanes) is 37. The quantitative estimate of drug-likeness (QED) is 0.0321. The van der Waals surface area contributed by atoms with E-state index < -0.39 is 18.2 Å². The predicted molar refractivity (Wildman–Crippen MR) is 278 cm³/mol. The van der Waals surface area contributed by atoms with Crippen molar-refractivity contribution in [3.8, 4) is 0 Å². The molecule has 0 aromatic rings. The van der Waals surface area contributed by atoms with Gasteiger partial charge in [-0.2, -0.15) is 0 Å². The van der Waals surface area contributed by atoms with Gasteiger partial charge in [-0.05, 0) is 51.4 Å². The topological polar surface area (TPSA) is 95.9 Å². The molecule has 0 radical (unpaired) electrons. The largest absolute Gasteiger partial charge is 0.462 e. The number of nitrogens with one attached hydrogen (secondary N) is 1. The summed E-state index contributed by atoms with van der Waals surface area (Å²) < 4.78 is 5.94. The molecule has 64 heavy (non-hydrogen) atoms. The maximum atomic E-state index is 13.2. The lowest BCUT2D eigenvalue weighted by Gasteiger charge is -2.24. The molecular formula is C58H111NO5. The van der Waals surface area contributed by atoms with Crippen LogP contribution in [-0.4, -0.2) is 46.9 Å². The van der Waals surface area contributed by atoms with Gasteiger partial charge in [-0.1, -0.05) is 270 Å². The Morgan fingerprint density at radius 2 is 0.781 bits per heavy atom. The summed E-state index contributed by atoms with van der Waals surface area (Å²) in [4.78, 5) is 26.2. The Labute approximate surface area is 399 Å². The van der Waals surface area contributed by atoms with Gasteiger partial charge in [0.2, 0.25) is 5.91 Å². The van der Waals surface area contributed by atoms with Crippen LogP contribution in [0.15, 0.2) is 24.3 Å². The van der Waals surface area contributed by atoms with Crippen LogP contribution in [0.25, 0.3) is 0 Å². The van der Waals surface area contributed by atoms with Gasteiger partial charge in [0.1, 0.15) is 6.10 Å². The molecule has 0 aliphatic rings. The summed E-state index contributed by atoms with van der Waals surface area (Å²) in [5, 5.41) is 23.9. The van der Waals surface area contributed by atoms with Crippen LogP contribution in [0, 0.1) is 0 Å². The van der Waals surface area contributed by atoms with Crippen molar-refractivity contribution in [2.45, 2.75) is 328 Å². The zero-order valence-corrected chi connectivity index (χ0v) is 43.2. The van der Waals surface area contributed by atoms with E-state index in [1.54, 1.807) is 0 Å². The molecule has 0 heterocycles. The van der Waals surface area contributed by atoms with Crippen LogP contribution < -0.4 is 5.32 Å². The molecule has 0 fully saturated rings. The van der Waals surface area contributed by atoms with Crippen molar-refractivity contribution >= 4 is 11.9 Å². The Kier molecular flexibility index (Phi) is 51.0. The molecule has 0 saturated carbocycles. The van der Waals surface area contributed by atoms with Crippen LogP contribution >= 0.6 is 0 Å². The minimum absolute atomic E-state index is 0.0767. The van der Waals surface area contributed by atoms with Crippen LogP contribution in [0.3, 0.4) is 0 Å². The molecule has 0 saturated heterocycles. The van der Waals surface area contributed by atoms with Crippen molar-refractivity contribution in [2.24, 2.45) is 0 Å². The number of carbonyl (C=O) groups excluding carboxylic acids is 2. The molecule has 6 heteroatoms. The highest BCUT2D eigenvalue weighted by atomic mass is 16.5. The Hall–Kier alpha value is -1.66. The number of hydrogen-bond acceptors (Lipinski definition) is 5. The van der Waals surface area contributed by atoms with E-state index in [9.17, 15) is 19.8 Å². The van der Waals surface area contributed by atoms with E-state index in [4.69, 9.17) is 4.74 Å². The highest BCUT2D eigenvalue weighted by molar-refractivity contribution is 5.77. The average Bonchev–Trinajstić information content (AvgIpc) is 3.29. The van der Waals surface area contributed by atoms with Gasteiger partial charge in [0.25, 0.3) is 0 Å². The van der Waals surface area contributed by atoms with Crippen molar-refractivity contribution in [1.82, 2.24) is 5.32 Å². The van der Waals surface area contributed by atoms with Crippen LogP contribution in [0.1, 0.15) is 310 Å². The van der Waals surface area contributed by atoms with Gasteiger partial charge in [0.05, 0.1) is 25.2 Å². The molecule has 0 spiro atoms. The van der Waals surface area contributed by atoms with Crippen molar-refractivity contribution < 1.29 is 24.5 Å². The normalized spacial score (nSPS) is 13.3. The molecule has 0 rings (SSSR count). The van der Waals surface area contributed by atoms with Crippen molar-refractivity contribution in [2.75, 3.05) is 6.61 Å². The smallest absolute Gasteiger partial charge is 0.306 e. The number of rotatable bonds is 52. The SMILES string of the molecule is CCCCCCCCC/C=C/C=C/CCCCCCCC(=O)OC(CCCCCCCCCCCC)CC(=O)NC(CO)C(O)CCCCCCCCCCCCCCCCCCC. The van der Waals surface area contributed by atoms with E-state index in [1.807, 2.05) is 0 Å². The predicted octanol–water partition coefficient (Wildman–Crippen LogP) is 17.5. The second kappa shape index (κ2) is 52.3. The first-order valence-corrected chi connectivity index (χ1v) is 28.6. The molecule has 0 aliphatic heterocycles. The third-order valence-electron chi connectivity index (χ3n) is 13.3. The van der Waals surface area contributed by atoms with E-state index in [-0.39, 0.29) is 24.9 Å². The number of amides is 1. The van der Waals surface area contributed by atoms with Crippen molar-refractivity contribution in [3.63, 3.8) is 0 Å². The fraction of sp³-hybridized carbons (Fsp3) is 0.897. The van der Waals surface area contributed by atoms with Gasteiger partial charge >= 0.3 is 5.97 Å². The first-order chi connectivity index (χ1) is 31.5. The van der Waals surface area contributed by atoms with E-state index >= 15 is 0 Å². The summed E-state index contributed by atoms with van der Waals surface area (Å²) in [5.41, 5.74) is 0. The third-order valence-corrected chi connectivity index (χ3v) is 13.3. The number of carbonyl (C=O) groups is 2. The van der Waals surface area contributed by atoms with Gasteiger partial charge in [-0.25, -0.2) is 0 Å². The molecule has 0 aliphatic carbocycles. The van der Waals surface area contributed by atoms with Crippen LogP contribution in [0.5, 0.6) is 0 Å². The molecule has 3 N–H and O–H groups in total. The van der Waals surface area contributed by atoms with E-state index in [2.05, 4.69) is 50.4 Å². The van der Waals surface area contributed by atoms with Gasteiger partial charge in [0.15, 0.2) is 0 Å². The number of esters is 1. The molecule has 0 aromatic carbocycles. The lowest BCUT2D eigenvalue weighted by atomic mass is 10.0. The zero-order valence-electron chi connectivity index (χ0n) is 43.2. The summed E-state index contributed by atoms with van der Waals surface area (Å²) in [6.45, 7) is 6.50. The summed E-state index contributed by atoms with van der Waals surface area (Å²) in [6.07, 6.45) is 61.0. The first kappa shape index (κ1) is 62.3. The van der Waals surface area contributed by atoms with Gasteiger partial charge in [-0.3, -0.25) is 9.59 Å². The second-order valence-corrected chi connectivity index (χ2v) is 19.7. The molecule has 3 atom stereocenters. The summed E-state index contributed by atoms with van der Waals surface area (Å²) in [5.74, 6) is -0.475. The fourth-order valence-electron chi connectivity index (χ4n) is 8.95. The monoisotopic (exact) mass is 902 g/mol. The van der Waals surface area contributed by atoms with E-state index in [0.717, 1.165) is 51.4 Å². The minimum atomic E-state index is -0.786. The Morgan fingerprint density at radius 3 is 1.16 bits per heavy atom. The maximum Gasteiger partial charge on any atom is 0.306 e. The Morgan fingerprint density at radius 1 is 0.453 bits per heavy atom.